The highest BCUT2D eigenvalue weighted by Gasteiger charge is 2.57. The average molecular weight is 478 g/mol. The second kappa shape index (κ2) is 9.72. The molecule has 0 spiro atoms. The molecule has 3 atom stereocenters. The van der Waals surface area contributed by atoms with Crippen LogP contribution in [0, 0.1) is 11.7 Å². The quantitative estimate of drug-likeness (QED) is 0.533. The monoisotopic (exact) mass is 477 g/mol. The molecule has 1 aliphatic carbocycles. The molecule has 6 nitrogen and oxygen atoms in total. The fourth-order valence-corrected chi connectivity index (χ4v) is 4.02. The van der Waals surface area contributed by atoms with Gasteiger partial charge in [-0.25, -0.2) is 18.2 Å². The van der Waals surface area contributed by atoms with Crippen LogP contribution in [0.15, 0.2) is 36.5 Å². The third-order valence-electron chi connectivity index (χ3n) is 6.38. The number of aromatic nitrogens is 1. The Bertz CT molecular complexity index is 1020. The normalized spacial score (nSPS) is 21.8. The summed E-state index contributed by atoms with van der Waals surface area (Å²) in [6, 6.07) is 8.91. The van der Waals surface area contributed by atoms with Crippen LogP contribution in [-0.4, -0.2) is 61.6 Å². The summed E-state index contributed by atoms with van der Waals surface area (Å²) in [7, 11) is 3.50. The Labute approximate surface area is 197 Å². The molecule has 9 heteroatoms. The van der Waals surface area contributed by atoms with Crippen molar-refractivity contribution >= 4 is 11.7 Å². The number of benzene rings is 1. The van der Waals surface area contributed by atoms with Gasteiger partial charge in [0.15, 0.2) is 11.6 Å². The largest absolute Gasteiger partial charge is 0.491 e. The fraction of sp³-hybridized carbons (Fsp3) is 0.520. The van der Waals surface area contributed by atoms with Crippen molar-refractivity contribution in [3.05, 3.63) is 47.9 Å². The lowest BCUT2D eigenvalue weighted by Gasteiger charge is -2.19. The number of hydrogen-bond donors (Lipinski definition) is 0. The summed E-state index contributed by atoms with van der Waals surface area (Å²) in [5.74, 6) is -2.76. The third kappa shape index (κ3) is 5.74. The highest BCUT2D eigenvalue weighted by atomic mass is 19.3. The van der Waals surface area contributed by atoms with Gasteiger partial charge in [-0.3, -0.25) is 4.79 Å². The molecule has 2 aromatic rings. The van der Waals surface area contributed by atoms with Crippen molar-refractivity contribution in [3.8, 4) is 11.5 Å². The molecule has 0 bridgehead atoms. The summed E-state index contributed by atoms with van der Waals surface area (Å²) < 4.78 is 51.9. The minimum Gasteiger partial charge on any atom is -0.491 e. The fourth-order valence-electron chi connectivity index (χ4n) is 4.02. The van der Waals surface area contributed by atoms with E-state index in [0.29, 0.717) is 25.9 Å². The molecule has 1 aromatic heterocycles. The van der Waals surface area contributed by atoms with Gasteiger partial charge >= 0.3 is 0 Å². The molecule has 2 fully saturated rings. The number of rotatable bonds is 9. The minimum absolute atomic E-state index is 0.0868. The smallest absolute Gasteiger partial charge is 0.255 e. The Balaban J connectivity index is 1.28. The van der Waals surface area contributed by atoms with Gasteiger partial charge in [0.1, 0.15) is 17.6 Å². The number of ether oxygens (including phenoxy) is 2. The first-order chi connectivity index (χ1) is 16.1. The molecule has 1 saturated heterocycles. The van der Waals surface area contributed by atoms with Crippen LogP contribution in [-0.2, 0) is 4.79 Å². The molecule has 0 N–H and O–H groups in total. The summed E-state index contributed by atoms with van der Waals surface area (Å²) in [4.78, 5) is 19.5. The number of nitrogens with zero attached hydrogens (tertiary/aromatic N) is 3. The van der Waals surface area contributed by atoms with Crippen molar-refractivity contribution in [3.63, 3.8) is 0 Å². The number of amides is 1. The van der Waals surface area contributed by atoms with E-state index in [4.69, 9.17) is 9.47 Å². The Morgan fingerprint density at radius 2 is 1.97 bits per heavy atom. The van der Waals surface area contributed by atoms with Crippen molar-refractivity contribution in [2.24, 2.45) is 5.92 Å². The minimum atomic E-state index is -2.67. The van der Waals surface area contributed by atoms with Crippen LogP contribution >= 0.6 is 0 Å². The summed E-state index contributed by atoms with van der Waals surface area (Å²) in [5, 5.41) is 0. The van der Waals surface area contributed by atoms with E-state index in [0.717, 1.165) is 11.3 Å². The van der Waals surface area contributed by atoms with Crippen molar-refractivity contribution in [1.29, 1.82) is 0 Å². The summed E-state index contributed by atoms with van der Waals surface area (Å²) in [5.41, 5.74) is 1.06. The zero-order chi connectivity index (χ0) is 24.5. The van der Waals surface area contributed by atoms with Crippen LogP contribution in [0.25, 0.3) is 0 Å². The van der Waals surface area contributed by atoms with E-state index < -0.39 is 17.7 Å². The van der Waals surface area contributed by atoms with Crippen LogP contribution in [0.2, 0.25) is 0 Å². The number of hydrogen-bond acceptors (Lipinski definition) is 5. The molecule has 34 heavy (non-hydrogen) atoms. The van der Waals surface area contributed by atoms with Crippen LogP contribution < -0.4 is 14.4 Å². The highest BCUT2D eigenvalue weighted by molar-refractivity contribution is 5.76. The van der Waals surface area contributed by atoms with E-state index in [2.05, 4.69) is 4.98 Å². The van der Waals surface area contributed by atoms with Crippen LogP contribution in [0.5, 0.6) is 11.5 Å². The molecule has 184 valence electrons. The van der Waals surface area contributed by atoms with Gasteiger partial charge in [0.2, 0.25) is 5.91 Å². The molecule has 4 rings (SSSR count). The topological polar surface area (TPSA) is 54.9 Å². The summed E-state index contributed by atoms with van der Waals surface area (Å²) in [6.45, 7) is 2.95. The first kappa shape index (κ1) is 24.2. The summed E-state index contributed by atoms with van der Waals surface area (Å²) >= 11 is 0. The molecular formula is C25H30F3N3O3. The number of anilines is 1. The maximum absolute atomic E-state index is 14.6. The van der Waals surface area contributed by atoms with E-state index in [1.807, 2.05) is 36.1 Å². The molecule has 0 radical (unpaired) electrons. The number of carbonyl (C=O) groups excluding carboxylic acids is 1. The number of carbonyl (C=O) groups is 1. The second-order valence-electron chi connectivity index (χ2n) is 9.39. The van der Waals surface area contributed by atoms with E-state index in [-0.39, 0.29) is 42.5 Å². The second-order valence-corrected chi connectivity index (χ2v) is 9.39. The predicted molar refractivity (Wildman–Crippen MR) is 122 cm³/mol. The lowest BCUT2D eigenvalue weighted by molar-refractivity contribution is -0.129. The summed E-state index contributed by atoms with van der Waals surface area (Å²) in [6.07, 6.45) is 2.22. The number of pyridine rings is 1. The average Bonchev–Trinajstić information content (AvgIpc) is 3.16. The predicted octanol–water partition coefficient (Wildman–Crippen LogP) is 4.49. The molecule has 1 aromatic carbocycles. The van der Waals surface area contributed by atoms with Crippen LogP contribution in [0.1, 0.15) is 37.7 Å². The van der Waals surface area contributed by atoms with Crippen molar-refractivity contribution in [2.45, 2.75) is 44.1 Å². The standard InChI is InChI=1S/C25H30F3N3O3/c1-16(10-23(32)30(2)3)17-4-6-19(7-5-17)34-20-8-9-31(14-20)24-22(26)11-21(13-29-24)33-15-18-12-25(18,27)28/h4-7,11,13,16,18,20H,8-10,12,14-15H2,1-3H3/t16-,18?,20?/m1/s1. The maximum Gasteiger partial charge on any atom is 0.255 e. The highest BCUT2D eigenvalue weighted by Crippen LogP contribution is 2.48. The Morgan fingerprint density at radius 1 is 1.26 bits per heavy atom. The van der Waals surface area contributed by atoms with Crippen LogP contribution in [0.4, 0.5) is 19.0 Å². The van der Waals surface area contributed by atoms with Crippen LogP contribution in [0.3, 0.4) is 0 Å². The molecule has 2 unspecified atom stereocenters. The van der Waals surface area contributed by atoms with Gasteiger partial charge in [-0.15, -0.1) is 0 Å². The Kier molecular flexibility index (Phi) is 6.91. The van der Waals surface area contributed by atoms with E-state index >= 15 is 0 Å². The third-order valence-corrected chi connectivity index (χ3v) is 6.38. The molecule has 1 saturated carbocycles. The Hall–Kier alpha value is -2.97. The number of halogens is 3. The van der Waals surface area contributed by atoms with Crippen molar-refractivity contribution < 1.29 is 27.4 Å². The zero-order valence-electron chi connectivity index (χ0n) is 19.6. The van der Waals surface area contributed by atoms with Gasteiger partial charge in [-0.2, -0.15) is 0 Å². The van der Waals surface area contributed by atoms with Crippen molar-refractivity contribution in [2.75, 3.05) is 38.7 Å². The maximum atomic E-state index is 14.6. The lowest BCUT2D eigenvalue weighted by atomic mass is 9.97. The molecule has 2 heterocycles. The SMILES string of the molecule is C[C@H](CC(=O)N(C)C)c1ccc(OC2CCN(c3ncc(OCC4CC4(F)F)cc3F)C2)cc1. The van der Waals surface area contributed by atoms with Gasteiger partial charge < -0.3 is 19.3 Å². The van der Waals surface area contributed by atoms with Gasteiger partial charge in [0.25, 0.3) is 5.92 Å². The van der Waals surface area contributed by atoms with E-state index in [9.17, 15) is 18.0 Å². The zero-order valence-corrected chi connectivity index (χ0v) is 19.6. The Morgan fingerprint density at radius 3 is 2.59 bits per heavy atom. The lowest BCUT2D eigenvalue weighted by Crippen LogP contribution is -2.26. The van der Waals surface area contributed by atoms with Gasteiger partial charge in [0, 0.05) is 46.0 Å². The van der Waals surface area contributed by atoms with Gasteiger partial charge in [-0.1, -0.05) is 19.1 Å². The molecule has 1 amide bonds. The van der Waals surface area contributed by atoms with Crippen molar-refractivity contribution in [1.82, 2.24) is 9.88 Å². The van der Waals surface area contributed by atoms with E-state index in [1.165, 1.54) is 12.3 Å². The first-order valence-corrected chi connectivity index (χ1v) is 11.5. The molecule has 2 aliphatic rings. The first-order valence-electron chi connectivity index (χ1n) is 11.5. The van der Waals surface area contributed by atoms with E-state index in [1.54, 1.807) is 19.0 Å². The number of alkyl halides is 2. The molecule has 1 aliphatic heterocycles. The van der Waals surface area contributed by atoms with Gasteiger partial charge in [-0.05, 0) is 23.6 Å². The van der Waals surface area contributed by atoms with Gasteiger partial charge in [0.05, 0.1) is 25.3 Å². The molecular weight excluding hydrogens is 447 g/mol.